The largest absolute Gasteiger partial charge is 0.507 e. The number of aliphatic hydroxyl groups excluding tert-OH is 1. The smallest absolute Gasteiger partial charge is 0.343 e. The van der Waals surface area contributed by atoms with E-state index in [0.717, 1.165) is 19.3 Å². The maximum absolute atomic E-state index is 10.8. The minimum absolute atomic E-state index is 0.282. The van der Waals surface area contributed by atoms with E-state index >= 15 is 0 Å². The molecule has 1 aromatic carbocycles. The predicted octanol–water partition coefficient (Wildman–Crippen LogP) is 2.28. The lowest BCUT2D eigenvalue weighted by Gasteiger charge is -2.12. The molecule has 0 spiro atoms. The minimum atomic E-state index is -1.38. The molecule has 1 atom stereocenters. The molecule has 0 aromatic heterocycles. The van der Waals surface area contributed by atoms with Crippen molar-refractivity contribution in [2.24, 2.45) is 0 Å². The molecule has 5 heteroatoms. The molecule has 0 aliphatic rings. The van der Waals surface area contributed by atoms with E-state index in [0.29, 0.717) is 12.0 Å². The molecule has 0 aliphatic carbocycles. The number of unbranched alkanes of at least 4 members (excludes halogenated alkanes) is 2. The number of hydrogen-bond donors (Lipinski definition) is 4. The van der Waals surface area contributed by atoms with E-state index in [1.165, 1.54) is 12.1 Å². The van der Waals surface area contributed by atoms with E-state index in [1.54, 1.807) is 0 Å². The van der Waals surface area contributed by atoms with E-state index in [-0.39, 0.29) is 6.42 Å². The van der Waals surface area contributed by atoms with E-state index in [2.05, 4.69) is 6.92 Å². The van der Waals surface area contributed by atoms with Gasteiger partial charge in [0.15, 0.2) is 0 Å². The Morgan fingerprint density at radius 1 is 1.21 bits per heavy atom. The summed E-state index contributed by atoms with van der Waals surface area (Å²) < 4.78 is 0. The van der Waals surface area contributed by atoms with Crippen LogP contribution in [0.4, 0.5) is 0 Å². The lowest BCUT2D eigenvalue weighted by atomic mass is 10.0. The second kappa shape index (κ2) is 6.99. The minimum Gasteiger partial charge on any atom is -0.507 e. The Labute approximate surface area is 112 Å². The zero-order chi connectivity index (χ0) is 14.4. The van der Waals surface area contributed by atoms with Crippen molar-refractivity contribution in [1.82, 2.24) is 0 Å². The number of rotatable bonds is 7. The summed E-state index contributed by atoms with van der Waals surface area (Å²) >= 11 is 0. The van der Waals surface area contributed by atoms with Gasteiger partial charge in [-0.1, -0.05) is 26.2 Å². The average molecular weight is 268 g/mol. The van der Waals surface area contributed by atoms with Crippen LogP contribution in [0, 0.1) is 0 Å². The van der Waals surface area contributed by atoms with Crippen molar-refractivity contribution in [2.45, 2.75) is 45.1 Å². The zero-order valence-corrected chi connectivity index (χ0v) is 11.0. The van der Waals surface area contributed by atoms with Gasteiger partial charge in [-0.15, -0.1) is 0 Å². The summed E-state index contributed by atoms with van der Waals surface area (Å²) in [5.74, 6) is -2.35. The molecular weight excluding hydrogens is 248 g/mol. The van der Waals surface area contributed by atoms with Gasteiger partial charge in [-0.2, -0.15) is 0 Å². The molecule has 0 unspecified atom stereocenters. The third-order valence-corrected chi connectivity index (χ3v) is 2.98. The second-order valence-corrected chi connectivity index (χ2v) is 4.67. The van der Waals surface area contributed by atoms with Gasteiger partial charge in [0, 0.05) is 0 Å². The highest BCUT2D eigenvalue weighted by atomic mass is 16.4. The number of aliphatic hydroxyl groups is 1. The normalized spacial score (nSPS) is 12.3. The summed E-state index contributed by atoms with van der Waals surface area (Å²) in [6.07, 6.45) is 3.41. The van der Waals surface area contributed by atoms with Crippen molar-refractivity contribution < 1.29 is 25.2 Å². The lowest BCUT2D eigenvalue weighted by molar-refractivity contribution is 0.0690. The summed E-state index contributed by atoms with van der Waals surface area (Å²) in [6.45, 7) is 2.08. The summed E-state index contributed by atoms with van der Waals surface area (Å²) in [5, 5.41) is 37.7. The van der Waals surface area contributed by atoms with Crippen LogP contribution in [0.2, 0.25) is 0 Å². The third kappa shape index (κ3) is 4.44. The molecule has 0 heterocycles. The molecule has 0 aliphatic heterocycles. The number of aromatic carboxylic acids is 1. The predicted molar refractivity (Wildman–Crippen MR) is 70.6 cm³/mol. The molecule has 5 nitrogen and oxygen atoms in total. The zero-order valence-electron chi connectivity index (χ0n) is 11.0. The van der Waals surface area contributed by atoms with Gasteiger partial charge in [0.05, 0.1) is 6.10 Å². The van der Waals surface area contributed by atoms with Crippen LogP contribution in [-0.2, 0) is 6.42 Å². The summed E-state index contributed by atoms with van der Waals surface area (Å²) in [7, 11) is 0. The van der Waals surface area contributed by atoms with Crippen LogP contribution in [0.1, 0.15) is 48.5 Å². The molecule has 19 heavy (non-hydrogen) atoms. The first-order valence-electron chi connectivity index (χ1n) is 6.42. The maximum Gasteiger partial charge on any atom is 0.343 e. The third-order valence-electron chi connectivity index (χ3n) is 2.98. The van der Waals surface area contributed by atoms with Crippen molar-refractivity contribution in [2.75, 3.05) is 0 Å². The Morgan fingerprint density at radius 3 is 2.26 bits per heavy atom. The lowest BCUT2D eigenvalue weighted by Crippen LogP contribution is -2.10. The second-order valence-electron chi connectivity index (χ2n) is 4.67. The number of carboxylic acids is 1. The summed E-state index contributed by atoms with van der Waals surface area (Å²) in [5.41, 5.74) is 0.00761. The standard InChI is InChI=1S/C14H20O5/c1-2-3-4-5-10(15)6-9-7-11(16)13(14(18)19)12(17)8-9/h7-8,10,15-17H,2-6H2,1H3,(H,18,19)/t10-/m1/s1. The molecule has 0 bridgehead atoms. The first-order chi connectivity index (χ1) is 8.95. The summed E-state index contributed by atoms with van der Waals surface area (Å²) in [6, 6.07) is 2.54. The van der Waals surface area contributed by atoms with E-state index in [1.807, 2.05) is 0 Å². The monoisotopic (exact) mass is 268 g/mol. The summed E-state index contributed by atoms with van der Waals surface area (Å²) in [4.78, 5) is 10.8. The van der Waals surface area contributed by atoms with Crippen LogP contribution in [-0.4, -0.2) is 32.5 Å². The number of hydrogen-bond acceptors (Lipinski definition) is 4. The number of aromatic hydroxyl groups is 2. The van der Waals surface area contributed by atoms with E-state index < -0.39 is 29.1 Å². The van der Waals surface area contributed by atoms with Crippen LogP contribution in [0.3, 0.4) is 0 Å². The Morgan fingerprint density at radius 2 is 1.79 bits per heavy atom. The van der Waals surface area contributed by atoms with Crippen molar-refractivity contribution in [1.29, 1.82) is 0 Å². The number of carbonyl (C=O) groups is 1. The first-order valence-corrected chi connectivity index (χ1v) is 6.42. The van der Waals surface area contributed by atoms with Gasteiger partial charge in [0.2, 0.25) is 0 Å². The van der Waals surface area contributed by atoms with Gasteiger partial charge in [0.1, 0.15) is 17.1 Å². The van der Waals surface area contributed by atoms with Crippen molar-refractivity contribution >= 4 is 5.97 Å². The van der Waals surface area contributed by atoms with Gasteiger partial charge < -0.3 is 20.4 Å². The van der Waals surface area contributed by atoms with E-state index in [4.69, 9.17) is 5.11 Å². The molecule has 0 saturated carbocycles. The van der Waals surface area contributed by atoms with Crippen molar-refractivity contribution in [3.8, 4) is 11.5 Å². The molecule has 0 fully saturated rings. The SMILES string of the molecule is CCCCC[C@@H](O)Cc1cc(O)c(C(=O)O)c(O)c1. The highest BCUT2D eigenvalue weighted by Crippen LogP contribution is 2.29. The van der Waals surface area contributed by atoms with Crippen molar-refractivity contribution in [3.63, 3.8) is 0 Å². The quantitative estimate of drug-likeness (QED) is 0.569. The Kier molecular flexibility index (Phi) is 5.63. The highest BCUT2D eigenvalue weighted by Gasteiger charge is 2.17. The maximum atomic E-state index is 10.8. The van der Waals surface area contributed by atoms with Crippen LogP contribution in [0.5, 0.6) is 11.5 Å². The van der Waals surface area contributed by atoms with E-state index in [9.17, 15) is 20.1 Å². The molecule has 0 amide bonds. The topological polar surface area (TPSA) is 98.0 Å². The Bertz CT molecular complexity index is 418. The molecule has 0 radical (unpaired) electrons. The highest BCUT2D eigenvalue weighted by molar-refractivity contribution is 5.94. The van der Waals surface area contributed by atoms with Crippen LogP contribution >= 0.6 is 0 Å². The van der Waals surface area contributed by atoms with Gasteiger partial charge >= 0.3 is 5.97 Å². The fourth-order valence-electron chi connectivity index (χ4n) is 2.01. The first kappa shape index (κ1) is 15.3. The molecule has 106 valence electrons. The Hall–Kier alpha value is -1.75. The fourth-order valence-corrected chi connectivity index (χ4v) is 2.01. The number of phenols is 2. The molecule has 0 saturated heterocycles. The molecular formula is C14H20O5. The molecule has 4 N–H and O–H groups in total. The average Bonchev–Trinajstić information content (AvgIpc) is 2.27. The Balaban J connectivity index is 2.72. The molecule has 1 rings (SSSR count). The van der Waals surface area contributed by atoms with Crippen molar-refractivity contribution in [3.05, 3.63) is 23.3 Å². The van der Waals surface area contributed by atoms with Crippen LogP contribution in [0.25, 0.3) is 0 Å². The fraction of sp³-hybridized carbons (Fsp3) is 0.500. The van der Waals surface area contributed by atoms with Gasteiger partial charge in [0.25, 0.3) is 0 Å². The van der Waals surface area contributed by atoms with Gasteiger partial charge in [-0.3, -0.25) is 0 Å². The molecule has 1 aromatic rings. The number of benzene rings is 1. The van der Waals surface area contributed by atoms with Crippen LogP contribution in [0.15, 0.2) is 12.1 Å². The van der Waals surface area contributed by atoms with Crippen LogP contribution < -0.4 is 0 Å². The van der Waals surface area contributed by atoms with Gasteiger partial charge in [-0.05, 0) is 30.5 Å². The van der Waals surface area contributed by atoms with Gasteiger partial charge in [-0.25, -0.2) is 4.79 Å². The number of carboxylic acid groups (broad SMARTS) is 1.